The summed E-state index contributed by atoms with van der Waals surface area (Å²) in [5.74, 6) is 2.69. The third-order valence-corrected chi connectivity index (χ3v) is 3.41. The van der Waals surface area contributed by atoms with E-state index in [1.165, 1.54) is 22.3 Å². The molecule has 26 heavy (non-hydrogen) atoms. The van der Waals surface area contributed by atoms with Gasteiger partial charge in [-0.05, 0) is 39.7 Å². The Hall–Kier alpha value is -2.33. The Bertz CT molecular complexity index is 609. The van der Waals surface area contributed by atoms with E-state index in [4.69, 9.17) is 6.42 Å². The minimum absolute atomic E-state index is 0.255. The molecule has 0 aliphatic heterocycles. The van der Waals surface area contributed by atoms with E-state index in [-0.39, 0.29) is 5.78 Å². The van der Waals surface area contributed by atoms with Crippen LogP contribution >= 0.6 is 0 Å². The zero-order valence-electron chi connectivity index (χ0n) is 17.7. The summed E-state index contributed by atoms with van der Waals surface area (Å²) in [5.41, 5.74) is 5.44. The molecule has 0 aliphatic rings. The number of Topliss-reactive ketones (excluding diaryl/α,β-unsaturated/α-hetero) is 1. The van der Waals surface area contributed by atoms with Gasteiger partial charge in [-0.3, -0.25) is 0 Å². The molecule has 0 N–H and O–H groups in total. The molecule has 0 spiro atoms. The largest absolute Gasteiger partial charge is 0.300 e. The Kier molecular flexibility index (Phi) is 17.4. The topological polar surface area (TPSA) is 17.1 Å². The molecule has 1 nitrogen and oxygen atoms in total. The Morgan fingerprint density at radius 1 is 0.885 bits per heavy atom. The quantitative estimate of drug-likeness (QED) is 0.539. The molecule has 0 saturated carbocycles. The monoisotopic (exact) mass is 352 g/mol. The van der Waals surface area contributed by atoms with Gasteiger partial charge < -0.3 is 4.79 Å². The predicted molar refractivity (Wildman–Crippen MR) is 117 cm³/mol. The molecular weight excluding hydrogens is 316 g/mol. The molecule has 0 heterocycles. The van der Waals surface area contributed by atoms with Gasteiger partial charge in [0.25, 0.3) is 0 Å². The van der Waals surface area contributed by atoms with Crippen molar-refractivity contribution in [2.24, 2.45) is 0 Å². The lowest BCUT2D eigenvalue weighted by Crippen LogP contribution is -1.80. The van der Waals surface area contributed by atoms with Gasteiger partial charge in [0.15, 0.2) is 0 Å². The molecule has 0 aromatic heterocycles. The number of carbonyl (C=O) groups is 1. The van der Waals surface area contributed by atoms with E-state index in [1.54, 1.807) is 6.92 Å². The van der Waals surface area contributed by atoms with Crippen LogP contribution < -0.4 is 0 Å². The summed E-state index contributed by atoms with van der Waals surface area (Å²) in [7, 11) is 0. The van der Waals surface area contributed by atoms with Crippen LogP contribution in [0.15, 0.2) is 48.5 Å². The van der Waals surface area contributed by atoms with Gasteiger partial charge in [-0.1, -0.05) is 86.0 Å². The molecule has 1 heteroatoms. The van der Waals surface area contributed by atoms with E-state index in [9.17, 15) is 4.79 Å². The Morgan fingerprint density at radius 2 is 1.31 bits per heavy atom. The third-order valence-electron chi connectivity index (χ3n) is 3.41. The summed E-state index contributed by atoms with van der Waals surface area (Å²) >= 11 is 0. The van der Waals surface area contributed by atoms with E-state index in [0.29, 0.717) is 6.42 Å². The molecular formula is C25H36O. The predicted octanol–water partition coefficient (Wildman–Crippen LogP) is 6.88. The molecule has 2 aromatic rings. The molecule has 142 valence electrons. The third kappa shape index (κ3) is 18.0. The number of hydrogen-bond acceptors (Lipinski definition) is 1. The number of terminal acetylenes is 1. The number of carbonyl (C=O) groups excluding carboxylic acids is 1. The zero-order valence-corrected chi connectivity index (χ0v) is 17.7. The highest BCUT2D eigenvalue weighted by molar-refractivity contribution is 5.74. The van der Waals surface area contributed by atoms with Crippen molar-refractivity contribution in [1.29, 1.82) is 0 Å². The molecule has 0 bridgehead atoms. The van der Waals surface area contributed by atoms with Crippen LogP contribution in [0.1, 0.15) is 62.8 Å². The lowest BCUT2D eigenvalue weighted by molar-refractivity contribution is -0.116. The Labute approximate surface area is 161 Å². The van der Waals surface area contributed by atoms with Crippen LogP contribution in [0.4, 0.5) is 0 Å². The number of ketones is 1. The highest BCUT2D eigenvalue weighted by atomic mass is 16.1. The molecule has 0 saturated heterocycles. The maximum Gasteiger partial charge on any atom is 0.129 e. The first kappa shape index (κ1) is 25.9. The van der Waals surface area contributed by atoms with Gasteiger partial charge in [0, 0.05) is 12.8 Å². The van der Waals surface area contributed by atoms with Crippen LogP contribution in [-0.2, 0) is 11.2 Å². The van der Waals surface area contributed by atoms with Crippen LogP contribution in [0.2, 0.25) is 0 Å². The highest BCUT2D eigenvalue weighted by Gasteiger charge is 1.85. The van der Waals surface area contributed by atoms with E-state index in [0.717, 1.165) is 12.8 Å². The van der Waals surface area contributed by atoms with Crippen molar-refractivity contribution in [3.8, 4) is 12.3 Å². The van der Waals surface area contributed by atoms with Crippen LogP contribution in [-0.4, -0.2) is 5.78 Å². The summed E-state index contributed by atoms with van der Waals surface area (Å²) in [5, 5.41) is 0. The average molecular weight is 353 g/mol. The molecule has 0 amide bonds. The van der Waals surface area contributed by atoms with Crippen molar-refractivity contribution < 1.29 is 4.79 Å². The first-order chi connectivity index (χ1) is 12.3. The van der Waals surface area contributed by atoms with Crippen LogP contribution in [0, 0.1) is 33.1 Å². The van der Waals surface area contributed by atoms with E-state index in [1.807, 2.05) is 13.8 Å². The minimum Gasteiger partial charge on any atom is -0.300 e. The molecule has 2 aromatic carbocycles. The molecule has 0 atom stereocenters. The molecule has 0 fully saturated rings. The number of benzene rings is 2. The molecule has 0 aliphatic carbocycles. The normalized spacial score (nSPS) is 8.38. The van der Waals surface area contributed by atoms with Crippen molar-refractivity contribution in [3.05, 3.63) is 70.8 Å². The Morgan fingerprint density at radius 3 is 1.54 bits per heavy atom. The van der Waals surface area contributed by atoms with Crippen molar-refractivity contribution in [1.82, 2.24) is 0 Å². The number of hydrogen-bond donors (Lipinski definition) is 0. The summed E-state index contributed by atoms with van der Waals surface area (Å²) < 4.78 is 0. The van der Waals surface area contributed by atoms with Crippen molar-refractivity contribution >= 4 is 5.78 Å². The van der Waals surface area contributed by atoms with E-state index in [2.05, 4.69) is 82.1 Å². The fraction of sp³-hybridized carbons (Fsp3) is 0.400. The second-order valence-electron chi connectivity index (χ2n) is 6.11. The number of aryl methyl sites for hydroxylation is 4. The van der Waals surface area contributed by atoms with Gasteiger partial charge >= 0.3 is 0 Å². The van der Waals surface area contributed by atoms with Gasteiger partial charge in [-0.25, -0.2) is 0 Å². The molecule has 0 radical (unpaired) electrons. The van der Waals surface area contributed by atoms with Crippen molar-refractivity contribution in [3.63, 3.8) is 0 Å². The second kappa shape index (κ2) is 17.5. The van der Waals surface area contributed by atoms with Gasteiger partial charge in [0.05, 0.1) is 0 Å². The Balaban J connectivity index is 0. The average Bonchev–Trinajstić information content (AvgIpc) is 2.65. The maximum absolute atomic E-state index is 9.81. The maximum atomic E-state index is 9.81. The number of rotatable bonds is 2. The first-order valence-corrected chi connectivity index (χ1v) is 9.32. The van der Waals surface area contributed by atoms with Gasteiger partial charge in [-0.15, -0.1) is 12.3 Å². The van der Waals surface area contributed by atoms with Gasteiger partial charge in [0.1, 0.15) is 5.78 Å². The second-order valence-corrected chi connectivity index (χ2v) is 6.11. The molecule has 0 unspecified atom stereocenters. The van der Waals surface area contributed by atoms with Gasteiger partial charge in [-0.2, -0.15) is 0 Å². The summed E-state index contributed by atoms with van der Waals surface area (Å²) in [6.07, 6.45) is 7.43. The fourth-order valence-corrected chi connectivity index (χ4v) is 1.57. The van der Waals surface area contributed by atoms with E-state index >= 15 is 0 Å². The minimum atomic E-state index is 0.255. The van der Waals surface area contributed by atoms with E-state index < -0.39 is 0 Å². The summed E-state index contributed by atoms with van der Waals surface area (Å²) in [6.45, 7) is 13.9. The van der Waals surface area contributed by atoms with Gasteiger partial charge in [0.2, 0.25) is 0 Å². The fourth-order valence-electron chi connectivity index (χ4n) is 1.57. The molecule has 2 rings (SSSR count). The zero-order chi connectivity index (χ0) is 20.4. The SMILES string of the molecule is C#CCC.CCC(C)=O.CCc1cccc(C)c1.Cc1ccc(C)cc1. The van der Waals surface area contributed by atoms with Crippen molar-refractivity contribution in [2.75, 3.05) is 0 Å². The summed E-state index contributed by atoms with van der Waals surface area (Å²) in [4.78, 5) is 9.81. The first-order valence-electron chi connectivity index (χ1n) is 9.32. The van der Waals surface area contributed by atoms with Crippen LogP contribution in [0.25, 0.3) is 0 Å². The lowest BCUT2D eigenvalue weighted by atomic mass is 10.1. The lowest BCUT2D eigenvalue weighted by Gasteiger charge is -1.95. The van der Waals surface area contributed by atoms with Crippen molar-refractivity contribution in [2.45, 2.75) is 67.7 Å². The standard InChI is InChI=1S/C9H12.C8H10.C4H8O.C4H6/c1-3-9-6-4-5-8(2)7-9;1-7-3-5-8(2)6-4-7;1-3-4(2)5;1-3-4-2/h4-7H,3H2,1-2H3;3-6H,1-2H3;3H2,1-2H3;1H,4H2,2H3. The van der Waals surface area contributed by atoms with Crippen LogP contribution in [0.5, 0.6) is 0 Å². The van der Waals surface area contributed by atoms with Crippen LogP contribution in [0.3, 0.4) is 0 Å². The highest BCUT2D eigenvalue weighted by Crippen LogP contribution is 2.03. The smallest absolute Gasteiger partial charge is 0.129 e. The summed E-state index contributed by atoms with van der Waals surface area (Å²) in [6, 6.07) is 17.1.